The molecule has 0 aliphatic carbocycles. The number of halogens is 1. The quantitative estimate of drug-likeness (QED) is 0.814. The topological polar surface area (TPSA) is 61.0 Å². The fourth-order valence-electron chi connectivity index (χ4n) is 1.06. The third-order valence-corrected chi connectivity index (χ3v) is 1.71. The van der Waals surface area contributed by atoms with Crippen molar-refractivity contribution in [2.45, 2.75) is 0 Å². The van der Waals surface area contributed by atoms with Crippen LogP contribution in [0.4, 0.5) is 10.1 Å². The van der Waals surface area contributed by atoms with Crippen molar-refractivity contribution in [3.8, 4) is 11.6 Å². The van der Waals surface area contributed by atoms with Crippen molar-refractivity contribution in [2.75, 3.05) is 5.73 Å². The molecule has 0 atom stereocenters. The summed E-state index contributed by atoms with van der Waals surface area (Å²) in [4.78, 5) is 7.54. The summed E-state index contributed by atoms with van der Waals surface area (Å²) in [6.07, 6.45) is 2.73. The molecular weight excluding hydrogens is 197 g/mol. The summed E-state index contributed by atoms with van der Waals surface area (Å²) < 4.78 is 18.1. The Morgan fingerprint density at radius 3 is 2.93 bits per heavy atom. The molecule has 0 aliphatic rings. The van der Waals surface area contributed by atoms with E-state index in [0.717, 1.165) is 0 Å². The van der Waals surface area contributed by atoms with Gasteiger partial charge in [0.15, 0.2) is 0 Å². The number of nitrogens with two attached hydrogens (primary N) is 1. The second-order valence-electron chi connectivity index (χ2n) is 2.84. The monoisotopic (exact) mass is 205 g/mol. The van der Waals surface area contributed by atoms with E-state index in [1.54, 1.807) is 12.1 Å². The fraction of sp³-hybridized carbons (Fsp3) is 0. The van der Waals surface area contributed by atoms with Crippen molar-refractivity contribution in [2.24, 2.45) is 0 Å². The van der Waals surface area contributed by atoms with Crippen molar-refractivity contribution in [1.29, 1.82) is 0 Å². The van der Waals surface area contributed by atoms with Crippen LogP contribution >= 0.6 is 0 Å². The Morgan fingerprint density at radius 1 is 1.33 bits per heavy atom. The number of rotatable bonds is 2. The van der Waals surface area contributed by atoms with E-state index in [4.69, 9.17) is 10.5 Å². The van der Waals surface area contributed by atoms with E-state index in [1.807, 2.05) is 0 Å². The summed E-state index contributed by atoms with van der Waals surface area (Å²) in [5.41, 5.74) is 5.87. The second kappa shape index (κ2) is 3.91. The molecule has 1 aromatic carbocycles. The number of aromatic nitrogens is 2. The lowest BCUT2D eigenvalue weighted by atomic mass is 10.3. The van der Waals surface area contributed by atoms with Gasteiger partial charge in [-0.1, -0.05) is 6.07 Å². The Balaban J connectivity index is 2.26. The Hall–Kier alpha value is -2.17. The summed E-state index contributed by atoms with van der Waals surface area (Å²) >= 11 is 0. The molecular formula is C10H8FN3O. The van der Waals surface area contributed by atoms with E-state index in [1.165, 1.54) is 24.7 Å². The molecule has 1 aromatic heterocycles. The van der Waals surface area contributed by atoms with Gasteiger partial charge in [0.2, 0.25) is 5.88 Å². The summed E-state index contributed by atoms with van der Waals surface area (Å²) in [6, 6.07) is 5.74. The highest BCUT2D eigenvalue weighted by Crippen LogP contribution is 2.23. The molecule has 0 unspecified atom stereocenters. The van der Waals surface area contributed by atoms with Gasteiger partial charge in [0.1, 0.15) is 23.6 Å². The first-order chi connectivity index (χ1) is 7.25. The van der Waals surface area contributed by atoms with Gasteiger partial charge in [0.25, 0.3) is 0 Å². The second-order valence-corrected chi connectivity index (χ2v) is 2.84. The Labute approximate surface area is 85.5 Å². The SMILES string of the molecule is Nc1cncnc1Oc1cccc(F)c1. The number of ether oxygens (including phenoxy) is 1. The van der Waals surface area contributed by atoms with E-state index in [2.05, 4.69) is 9.97 Å². The first-order valence-electron chi connectivity index (χ1n) is 4.24. The summed E-state index contributed by atoms with van der Waals surface area (Å²) in [5.74, 6) is 0.191. The number of hydrogen-bond donors (Lipinski definition) is 1. The highest BCUT2D eigenvalue weighted by molar-refractivity contribution is 5.46. The third-order valence-electron chi connectivity index (χ3n) is 1.71. The maximum absolute atomic E-state index is 12.8. The van der Waals surface area contributed by atoms with Crippen LogP contribution in [0.15, 0.2) is 36.8 Å². The molecule has 0 radical (unpaired) electrons. The highest BCUT2D eigenvalue weighted by Gasteiger charge is 2.03. The zero-order chi connectivity index (χ0) is 10.7. The van der Waals surface area contributed by atoms with E-state index in [-0.39, 0.29) is 11.7 Å². The molecule has 0 saturated heterocycles. The van der Waals surface area contributed by atoms with Crippen molar-refractivity contribution in [3.05, 3.63) is 42.6 Å². The molecule has 5 heteroatoms. The zero-order valence-corrected chi connectivity index (χ0v) is 7.72. The molecule has 15 heavy (non-hydrogen) atoms. The summed E-state index contributed by atoms with van der Waals surface area (Å²) in [6.45, 7) is 0. The largest absolute Gasteiger partial charge is 0.437 e. The van der Waals surface area contributed by atoms with Crippen LogP contribution in [-0.4, -0.2) is 9.97 Å². The number of nitrogen functional groups attached to an aromatic ring is 1. The number of anilines is 1. The Kier molecular flexibility index (Phi) is 2.45. The van der Waals surface area contributed by atoms with Crippen molar-refractivity contribution in [3.63, 3.8) is 0 Å². The van der Waals surface area contributed by atoms with Crippen LogP contribution in [0.3, 0.4) is 0 Å². The van der Waals surface area contributed by atoms with Gasteiger partial charge in [-0.3, -0.25) is 0 Å². The lowest BCUT2D eigenvalue weighted by molar-refractivity contribution is 0.459. The van der Waals surface area contributed by atoms with Gasteiger partial charge < -0.3 is 10.5 Å². The molecule has 0 bridgehead atoms. The van der Waals surface area contributed by atoms with E-state index >= 15 is 0 Å². The van der Waals surface area contributed by atoms with Gasteiger partial charge in [-0.05, 0) is 12.1 Å². The van der Waals surface area contributed by atoms with Crippen LogP contribution in [0, 0.1) is 5.82 Å². The molecule has 76 valence electrons. The van der Waals surface area contributed by atoms with Crippen LogP contribution < -0.4 is 10.5 Å². The molecule has 2 N–H and O–H groups in total. The molecule has 0 amide bonds. The zero-order valence-electron chi connectivity index (χ0n) is 7.72. The van der Waals surface area contributed by atoms with Crippen LogP contribution in [0.5, 0.6) is 11.6 Å². The lowest BCUT2D eigenvalue weighted by Crippen LogP contribution is -1.95. The minimum Gasteiger partial charge on any atom is -0.437 e. The van der Waals surface area contributed by atoms with Gasteiger partial charge in [-0.25, -0.2) is 9.37 Å². The van der Waals surface area contributed by atoms with E-state index in [9.17, 15) is 4.39 Å². The van der Waals surface area contributed by atoms with Crippen molar-refractivity contribution < 1.29 is 9.13 Å². The molecule has 2 rings (SSSR count). The predicted molar refractivity (Wildman–Crippen MR) is 52.9 cm³/mol. The summed E-state index contributed by atoms with van der Waals surface area (Å²) in [7, 11) is 0. The number of benzene rings is 1. The average molecular weight is 205 g/mol. The minimum absolute atomic E-state index is 0.218. The fourth-order valence-corrected chi connectivity index (χ4v) is 1.06. The van der Waals surface area contributed by atoms with Gasteiger partial charge in [0.05, 0.1) is 6.20 Å². The Bertz CT molecular complexity index is 476. The normalized spacial score (nSPS) is 9.93. The smallest absolute Gasteiger partial charge is 0.245 e. The van der Waals surface area contributed by atoms with Crippen LogP contribution in [-0.2, 0) is 0 Å². The molecule has 1 heterocycles. The number of nitrogens with zero attached hydrogens (tertiary/aromatic N) is 2. The maximum atomic E-state index is 12.8. The minimum atomic E-state index is -0.375. The van der Waals surface area contributed by atoms with Crippen LogP contribution in [0.2, 0.25) is 0 Å². The van der Waals surface area contributed by atoms with Gasteiger partial charge in [0, 0.05) is 6.07 Å². The van der Waals surface area contributed by atoms with Crippen molar-refractivity contribution >= 4 is 5.69 Å². The van der Waals surface area contributed by atoms with Gasteiger partial charge in [-0.15, -0.1) is 0 Å². The molecule has 0 fully saturated rings. The maximum Gasteiger partial charge on any atom is 0.245 e. The van der Waals surface area contributed by atoms with E-state index < -0.39 is 0 Å². The molecule has 2 aromatic rings. The summed E-state index contributed by atoms with van der Waals surface area (Å²) in [5, 5.41) is 0. The molecule has 4 nitrogen and oxygen atoms in total. The van der Waals surface area contributed by atoms with Crippen LogP contribution in [0.1, 0.15) is 0 Å². The van der Waals surface area contributed by atoms with Gasteiger partial charge >= 0.3 is 0 Å². The van der Waals surface area contributed by atoms with E-state index in [0.29, 0.717) is 11.4 Å². The average Bonchev–Trinajstić information content (AvgIpc) is 2.22. The highest BCUT2D eigenvalue weighted by atomic mass is 19.1. The first kappa shape index (κ1) is 9.39. The standard InChI is InChI=1S/C10H8FN3O/c11-7-2-1-3-8(4-7)15-10-9(12)5-13-6-14-10/h1-6H,12H2. The van der Waals surface area contributed by atoms with Crippen LogP contribution in [0.25, 0.3) is 0 Å². The Morgan fingerprint density at radius 2 is 2.20 bits per heavy atom. The number of hydrogen-bond acceptors (Lipinski definition) is 4. The molecule has 0 aliphatic heterocycles. The predicted octanol–water partition coefficient (Wildman–Crippen LogP) is 1.99. The first-order valence-corrected chi connectivity index (χ1v) is 4.24. The molecule has 0 spiro atoms. The van der Waals surface area contributed by atoms with Crippen molar-refractivity contribution in [1.82, 2.24) is 9.97 Å². The third kappa shape index (κ3) is 2.19. The molecule has 0 saturated carbocycles. The van der Waals surface area contributed by atoms with Gasteiger partial charge in [-0.2, -0.15) is 4.98 Å². The lowest BCUT2D eigenvalue weighted by Gasteiger charge is -2.05.